The number of anilines is 1. The lowest BCUT2D eigenvalue weighted by Gasteiger charge is -2.13. The van der Waals surface area contributed by atoms with Crippen molar-refractivity contribution in [2.75, 3.05) is 11.9 Å². The molecule has 34 heavy (non-hydrogen) atoms. The van der Waals surface area contributed by atoms with E-state index in [-0.39, 0.29) is 5.91 Å². The number of carbonyl (C=O) groups excluding carboxylic acids is 1. The van der Waals surface area contributed by atoms with Crippen LogP contribution in [0, 0.1) is 0 Å². The maximum Gasteiger partial charge on any atom is 0.255 e. The van der Waals surface area contributed by atoms with Crippen molar-refractivity contribution in [2.45, 2.75) is 6.92 Å². The Morgan fingerprint density at radius 3 is 1.97 bits per heavy atom. The van der Waals surface area contributed by atoms with Crippen LogP contribution in [-0.4, -0.2) is 22.5 Å². The molecule has 0 bridgehead atoms. The first-order chi connectivity index (χ1) is 16.7. The van der Waals surface area contributed by atoms with Gasteiger partial charge in [0.15, 0.2) is 0 Å². The van der Waals surface area contributed by atoms with Crippen molar-refractivity contribution in [3.63, 3.8) is 0 Å². The van der Waals surface area contributed by atoms with Crippen LogP contribution in [0.2, 0.25) is 0 Å². The first-order valence-corrected chi connectivity index (χ1v) is 11.2. The molecule has 5 rings (SSSR count). The Hall–Kier alpha value is -4.51. The molecule has 0 unspecified atom stereocenters. The van der Waals surface area contributed by atoms with Crippen molar-refractivity contribution in [3.05, 3.63) is 109 Å². The van der Waals surface area contributed by atoms with Crippen LogP contribution < -0.4 is 10.1 Å². The third-order valence-corrected chi connectivity index (χ3v) is 5.46. The van der Waals surface area contributed by atoms with Gasteiger partial charge >= 0.3 is 0 Å². The van der Waals surface area contributed by atoms with Gasteiger partial charge in [-0.25, -0.2) is 9.97 Å². The van der Waals surface area contributed by atoms with Crippen LogP contribution in [0.4, 0.5) is 5.69 Å². The van der Waals surface area contributed by atoms with Gasteiger partial charge in [0.2, 0.25) is 0 Å². The summed E-state index contributed by atoms with van der Waals surface area (Å²) in [6, 6.07) is 32.8. The number of ether oxygens (including phenoxy) is 1. The highest BCUT2D eigenvalue weighted by atomic mass is 16.5. The normalized spacial score (nSPS) is 10.7. The zero-order chi connectivity index (χ0) is 23.3. The minimum Gasteiger partial charge on any atom is -0.492 e. The number of carbonyl (C=O) groups is 1. The van der Waals surface area contributed by atoms with Crippen LogP contribution in [-0.2, 0) is 0 Å². The topological polar surface area (TPSA) is 64.1 Å². The molecule has 4 aromatic carbocycles. The highest BCUT2D eigenvalue weighted by Crippen LogP contribution is 2.31. The van der Waals surface area contributed by atoms with Gasteiger partial charge in [-0.1, -0.05) is 72.8 Å². The van der Waals surface area contributed by atoms with E-state index in [2.05, 4.69) is 5.32 Å². The van der Waals surface area contributed by atoms with Gasteiger partial charge < -0.3 is 10.1 Å². The third kappa shape index (κ3) is 4.36. The Bertz CT molecular complexity index is 1450. The smallest absolute Gasteiger partial charge is 0.255 e. The predicted molar refractivity (Wildman–Crippen MR) is 136 cm³/mol. The van der Waals surface area contributed by atoms with Crippen molar-refractivity contribution in [1.82, 2.24) is 9.97 Å². The van der Waals surface area contributed by atoms with Crippen LogP contribution in [0.15, 0.2) is 103 Å². The number of hydrogen-bond acceptors (Lipinski definition) is 4. The zero-order valence-electron chi connectivity index (χ0n) is 18.7. The number of rotatable bonds is 6. The minimum atomic E-state index is -0.232. The van der Waals surface area contributed by atoms with Crippen molar-refractivity contribution >= 4 is 22.6 Å². The lowest BCUT2D eigenvalue weighted by Crippen LogP contribution is -2.13. The van der Waals surface area contributed by atoms with Gasteiger partial charge in [-0.2, -0.15) is 0 Å². The fourth-order valence-corrected chi connectivity index (χ4v) is 3.84. The van der Waals surface area contributed by atoms with Crippen molar-refractivity contribution < 1.29 is 9.53 Å². The lowest BCUT2D eigenvalue weighted by atomic mass is 10.0. The van der Waals surface area contributed by atoms with Crippen LogP contribution in [0.1, 0.15) is 17.3 Å². The third-order valence-electron chi connectivity index (χ3n) is 5.46. The van der Waals surface area contributed by atoms with Crippen LogP contribution in [0.25, 0.3) is 33.5 Å². The zero-order valence-corrected chi connectivity index (χ0v) is 18.7. The molecule has 0 fully saturated rings. The molecule has 5 nitrogen and oxygen atoms in total. The monoisotopic (exact) mass is 445 g/mol. The van der Waals surface area contributed by atoms with Crippen molar-refractivity contribution in [2.24, 2.45) is 0 Å². The van der Waals surface area contributed by atoms with E-state index in [9.17, 15) is 4.79 Å². The second-order valence-electron chi connectivity index (χ2n) is 7.74. The quantitative estimate of drug-likeness (QED) is 0.319. The molecule has 1 amide bonds. The molecule has 0 radical (unpaired) electrons. The maximum atomic E-state index is 13.0. The average molecular weight is 446 g/mol. The first kappa shape index (κ1) is 21.3. The molecular formula is C29H23N3O2. The molecule has 1 aromatic heterocycles. The summed E-state index contributed by atoms with van der Waals surface area (Å²) in [6.45, 7) is 2.43. The van der Waals surface area contributed by atoms with E-state index in [1.165, 1.54) is 0 Å². The number of fused-ring (bicyclic) bond motifs is 1. The Labute approximate surface area is 198 Å². The van der Waals surface area contributed by atoms with Gasteiger partial charge in [0.05, 0.1) is 34.7 Å². The standard InChI is InChI=1S/C29H23N3O2/c1-2-34-26-16-10-9-15-24(26)32-29(33)22-17-18-23-25(19-22)31-28(21-13-7-4-8-14-21)27(30-23)20-11-5-3-6-12-20/h3-19H,2H2,1H3,(H,32,33). The molecule has 1 heterocycles. The van der Waals surface area contributed by atoms with Crippen molar-refractivity contribution in [1.29, 1.82) is 0 Å². The molecule has 1 N–H and O–H groups in total. The number of nitrogens with one attached hydrogen (secondary N) is 1. The van der Waals surface area contributed by atoms with Gasteiger partial charge in [0.1, 0.15) is 5.75 Å². The van der Waals surface area contributed by atoms with E-state index in [0.717, 1.165) is 28.0 Å². The molecule has 0 atom stereocenters. The van der Waals surface area contributed by atoms with Gasteiger partial charge in [-0.05, 0) is 37.3 Å². The van der Waals surface area contributed by atoms with Crippen LogP contribution in [0.3, 0.4) is 0 Å². The van der Waals surface area contributed by atoms with Crippen LogP contribution >= 0.6 is 0 Å². The summed E-state index contributed by atoms with van der Waals surface area (Å²) in [4.78, 5) is 22.9. The number of benzene rings is 4. The summed E-state index contributed by atoms with van der Waals surface area (Å²) in [6.07, 6.45) is 0. The second kappa shape index (κ2) is 9.55. The molecule has 0 spiro atoms. The van der Waals surface area contributed by atoms with Crippen molar-refractivity contribution in [3.8, 4) is 28.3 Å². The fourth-order valence-electron chi connectivity index (χ4n) is 3.84. The Morgan fingerprint density at radius 2 is 1.32 bits per heavy atom. The summed E-state index contributed by atoms with van der Waals surface area (Å²) in [7, 11) is 0. The molecule has 0 saturated heterocycles. The lowest BCUT2D eigenvalue weighted by molar-refractivity contribution is 0.102. The first-order valence-electron chi connectivity index (χ1n) is 11.2. The van der Waals surface area contributed by atoms with Gasteiger partial charge in [-0.15, -0.1) is 0 Å². The van der Waals surface area contributed by atoms with E-state index >= 15 is 0 Å². The number of amides is 1. The summed E-state index contributed by atoms with van der Waals surface area (Å²) in [5, 5.41) is 2.95. The van der Waals surface area contributed by atoms with E-state index in [1.807, 2.05) is 97.9 Å². The highest BCUT2D eigenvalue weighted by molar-refractivity contribution is 6.06. The number of aromatic nitrogens is 2. The van der Waals surface area contributed by atoms with Gasteiger partial charge in [-0.3, -0.25) is 4.79 Å². The summed E-state index contributed by atoms with van der Waals surface area (Å²) < 4.78 is 5.63. The van der Waals surface area contributed by atoms with E-state index in [1.54, 1.807) is 12.1 Å². The number of para-hydroxylation sites is 2. The average Bonchev–Trinajstić information content (AvgIpc) is 2.90. The van der Waals surface area contributed by atoms with Crippen LogP contribution in [0.5, 0.6) is 5.75 Å². The van der Waals surface area contributed by atoms with Gasteiger partial charge in [0, 0.05) is 16.7 Å². The number of nitrogens with zero attached hydrogens (tertiary/aromatic N) is 2. The Balaban J connectivity index is 1.56. The van der Waals surface area contributed by atoms with E-state index in [4.69, 9.17) is 14.7 Å². The predicted octanol–water partition coefficient (Wildman–Crippen LogP) is 6.61. The fraction of sp³-hybridized carbons (Fsp3) is 0.0690. The van der Waals surface area contributed by atoms with Gasteiger partial charge in [0.25, 0.3) is 5.91 Å². The van der Waals surface area contributed by atoms with E-state index in [0.29, 0.717) is 29.1 Å². The molecule has 0 aliphatic rings. The molecule has 166 valence electrons. The summed E-state index contributed by atoms with van der Waals surface area (Å²) >= 11 is 0. The molecule has 0 aliphatic heterocycles. The minimum absolute atomic E-state index is 0.232. The SMILES string of the molecule is CCOc1ccccc1NC(=O)c1ccc2nc(-c3ccccc3)c(-c3ccccc3)nc2c1. The maximum absolute atomic E-state index is 13.0. The largest absolute Gasteiger partial charge is 0.492 e. The summed E-state index contributed by atoms with van der Waals surface area (Å²) in [5.74, 6) is 0.405. The molecule has 0 saturated carbocycles. The Kier molecular flexibility index (Phi) is 5.99. The summed E-state index contributed by atoms with van der Waals surface area (Å²) in [5.41, 5.74) is 6.06. The molecule has 5 aromatic rings. The molecule has 5 heteroatoms. The highest BCUT2D eigenvalue weighted by Gasteiger charge is 2.15. The van der Waals surface area contributed by atoms with E-state index < -0.39 is 0 Å². The Morgan fingerprint density at radius 1 is 0.735 bits per heavy atom. The number of hydrogen-bond donors (Lipinski definition) is 1. The molecular weight excluding hydrogens is 422 g/mol. The second-order valence-corrected chi connectivity index (χ2v) is 7.74. The molecule has 0 aliphatic carbocycles.